The quantitative estimate of drug-likeness (QED) is 0.685. The number of hydrogen-bond donors (Lipinski definition) is 1. The zero-order valence-corrected chi connectivity index (χ0v) is 8.28. The molecule has 0 atom stereocenters. The molecule has 0 fully saturated rings. The first-order valence-corrected chi connectivity index (χ1v) is 5.27. The first-order valence-electron chi connectivity index (χ1n) is 4.29. The maximum absolute atomic E-state index is 11.2. The monoisotopic (exact) mass is 193 g/mol. The van der Waals surface area contributed by atoms with Gasteiger partial charge in [-0.2, -0.15) is 0 Å². The van der Waals surface area contributed by atoms with Gasteiger partial charge in [-0.1, -0.05) is 6.07 Å². The summed E-state index contributed by atoms with van der Waals surface area (Å²) in [5, 5.41) is 2.89. The fourth-order valence-electron chi connectivity index (χ4n) is 1.32. The average Bonchev–Trinajstić information content (AvgIpc) is 2.25. The van der Waals surface area contributed by atoms with Gasteiger partial charge in [-0.25, -0.2) is 0 Å². The predicted octanol–water partition coefficient (Wildman–Crippen LogP) is 2.43. The van der Waals surface area contributed by atoms with Crippen LogP contribution in [0.15, 0.2) is 23.1 Å². The summed E-state index contributed by atoms with van der Waals surface area (Å²) < 4.78 is 0. The molecule has 0 saturated heterocycles. The molecule has 0 aliphatic carbocycles. The topological polar surface area (TPSA) is 29.1 Å². The van der Waals surface area contributed by atoms with E-state index < -0.39 is 0 Å². The van der Waals surface area contributed by atoms with E-state index in [1.54, 1.807) is 11.8 Å². The molecule has 3 heteroatoms. The molecule has 0 unspecified atom stereocenters. The second-order valence-electron chi connectivity index (χ2n) is 3.15. The van der Waals surface area contributed by atoms with Crippen LogP contribution >= 0.6 is 11.8 Å². The number of fused-ring (bicyclic) bond motifs is 1. The molecule has 2 nitrogen and oxygen atoms in total. The Bertz CT molecular complexity index is 349. The minimum Gasteiger partial charge on any atom is -0.325 e. The Balaban J connectivity index is 2.40. The van der Waals surface area contributed by atoms with Gasteiger partial charge >= 0.3 is 0 Å². The standard InChI is InChI=1S/C10H11NOS/c1-7-2-3-8-9(6-7)13-5-4-10(12)11-8/h2-3,6H,4-5H2,1H3,(H,11,12). The Morgan fingerprint density at radius 2 is 2.31 bits per heavy atom. The first-order chi connectivity index (χ1) is 6.25. The number of nitrogens with one attached hydrogen (secondary N) is 1. The summed E-state index contributed by atoms with van der Waals surface area (Å²) in [6.07, 6.45) is 0.610. The molecule has 1 amide bonds. The van der Waals surface area contributed by atoms with Gasteiger partial charge in [-0.15, -0.1) is 11.8 Å². The summed E-state index contributed by atoms with van der Waals surface area (Å²) in [6.45, 7) is 2.06. The lowest BCUT2D eigenvalue weighted by atomic mass is 10.2. The van der Waals surface area contributed by atoms with Crippen LogP contribution in [-0.4, -0.2) is 11.7 Å². The van der Waals surface area contributed by atoms with Gasteiger partial charge in [0.2, 0.25) is 5.91 Å². The second-order valence-corrected chi connectivity index (χ2v) is 4.28. The van der Waals surface area contributed by atoms with Crippen LogP contribution in [0, 0.1) is 6.92 Å². The third-order valence-corrected chi connectivity index (χ3v) is 3.05. The molecule has 1 heterocycles. The molecule has 2 rings (SSSR count). The molecular weight excluding hydrogens is 182 g/mol. The molecule has 0 bridgehead atoms. The Morgan fingerprint density at radius 1 is 1.46 bits per heavy atom. The lowest BCUT2D eigenvalue weighted by molar-refractivity contribution is -0.115. The van der Waals surface area contributed by atoms with Crippen LogP contribution in [0.5, 0.6) is 0 Å². The minimum absolute atomic E-state index is 0.120. The van der Waals surface area contributed by atoms with E-state index in [1.807, 2.05) is 12.1 Å². The van der Waals surface area contributed by atoms with Gasteiger partial charge in [-0.05, 0) is 24.6 Å². The van der Waals surface area contributed by atoms with Gasteiger partial charge < -0.3 is 5.32 Å². The maximum atomic E-state index is 11.2. The van der Waals surface area contributed by atoms with Gasteiger partial charge in [-0.3, -0.25) is 4.79 Å². The highest BCUT2D eigenvalue weighted by molar-refractivity contribution is 7.99. The number of hydrogen-bond acceptors (Lipinski definition) is 2. The van der Waals surface area contributed by atoms with E-state index in [2.05, 4.69) is 18.3 Å². The summed E-state index contributed by atoms with van der Waals surface area (Å²) in [7, 11) is 0. The van der Waals surface area contributed by atoms with Crippen LogP contribution in [0.4, 0.5) is 5.69 Å². The summed E-state index contributed by atoms with van der Waals surface area (Å²) >= 11 is 1.74. The lowest BCUT2D eigenvalue weighted by Crippen LogP contribution is -2.09. The number of anilines is 1. The van der Waals surface area contributed by atoms with Crippen molar-refractivity contribution in [3.05, 3.63) is 23.8 Å². The number of carbonyl (C=O) groups excluding carboxylic acids is 1. The molecule has 0 aromatic heterocycles. The van der Waals surface area contributed by atoms with Crippen molar-refractivity contribution in [2.24, 2.45) is 0 Å². The van der Waals surface area contributed by atoms with Crippen LogP contribution in [-0.2, 0) is 4.79 Å². The molecule has 0 saturated carbocycles. The number of aryl methyl sites for hydroxylation is 1. The van der Waals surface area contributed by atoms with Crippen LogP contribution in [0.2, 0.25) is 0 Å². The highest BCUT2D eigenvalue weighted by Gasteiger charge is 2.12. The van der Waals surface area contributed by atoms with Gasteiger partial charge in [0.1, 0.15) is 0 Å². The molecule has 0 radical (unpaired) electrons. The van der Waals surface area contributed by atoms with E-state index in [4.69, 9.17) is 0 Å². The second kappa shape index (κ2) is 3.42. The van der Waals surface area contributed by atoms with Gasteiger partial charge in [0, 0.05) is 17.1 Å². The highest BCUT2D eigenvalue weighted by Crippen LogP contribution is 2.31. The van der Waals surface area contributed by atoms with E-state index in [-0.39, 0.29) is 5.91 Å². The number of amides is 1. The summed E-state index contributed by atoms with van der Waals surface area (Å²) in [6, 6.07) is 6.11. The van der Waals surface area contributed by atoms with E-state index in [0.717, 1.165) is 11.4 Å². The minimum atomic E-state index is 0.120. The zero-order valence-electron chi connectivity index (χ0n) is 7.46. The van der Waals surface area contributed by atoms with Crippen molar-refractivity contribution in [3.63, 3.8) is 0 Å². The largest absolute Gasteiger partial charge is 0.325 e. The number of carbonyl (C=O) groups is 1. The van der Waals surface area contributed by atoms with Gasteiger partial charge in [0.25, 0.3) is 0 Å². The Morgan fingerprint density at radius 3 is 3.15 bits per heavy atom. The third-order valence-electron chi connectivity index (χ3n) is 2.00. The highest BCUT2D eigenvalue weighted by atomic mass is 32.2. The first kappa shape index (κ1) is 8.63. The van der Waals surface area contributed by atoms with E-state index in [0.29, 0.717) is 6.42 Å². The summed E-state index contributed by atoms with van der Waals surface area (Å²) in [4.78, 5) is 12.4. The lowest BCUT2D eigenvalue weighted by Gasteiger charge is -2.05. The number of rotatable bonds is 0. The van der Waals surface area contributed by atoms with Crippen LogP contribution < -0.4 is 5.32 Å². The molecule has 68 valence electrons. The Kier molecular flexibility index (Phi) is 2.27. The average molecular weight is 193 g/mol. The predicted molar refractivity (Wildman–Crippen MR) is 55.1 cm³/mol. The van der Waals surface area contributed by atoms with E-state index in [1.165, 1.54) is 10.5 Å². The molecule has 1 aromatic rings. The van der Waals surface area contributed by atoms with Crippen molar-refractivity contribution in [1.82, 2.24) is 0 Å². The zero-order chi connectivity index (χ0) is 9.26. The fourth-order valence-corrected chi connectivity index (χ4v) is 2.37. The van der Waals surface area contributed by atoms with Crippen LogP contribution in [0.25, 0.3) is 0 Å². The van der Waals surface area contributed by atoms with E-state index in [9.17, 15) is 4.79 Å². The number of thioether (sulfide) groups is 1. The van der Waals surface area contributed by atoms with Crippen molar-refractivity contribution in [3.8, 4) is 0 Å². The molecule has 1 aliphatic heterocycles. The van der Waals surface area contributed by atoms with Crippen molar-refractivity contribution in [1.29, 1.82) is 0 Å². The van der Waals surface area contributed by atoms with Gasteiger partial charge in [0.05, 0.1) is 5.69 Å². The van der Waals surface area contributed by atoms with Crippen LogP contribution in [0.3, 0.4) is 0 Å². The maximum Gasteiger partial charge on any atom is 0.225 e. The smallest absolute Gasteiger partial charge is 0.225 e. The van der Waals surface area contributed by atoms with Crippen molar-refractivity contribution in [2.45, 2.75) is 18.2 Å². The van der Waals surface area contributed by atoms with Crippen molar-refractivity contribution >= 4 is 23.4 Å². The SMILES string of the molecule is Cc1ccc2c(c1)SCCC(=O)N2. The fraction of sp³-hybridized carbons (Fsp3) is 0.300. The molecule has 0 spiro atoms. The van der Waals surface area contributed by atoms with Crippen molar-refractivity contribution in [2.75, 3.05) is 11.1 Å². The normalized spacial score (nSPS) is 15.9. The summed E-state index contributed by atoms with van der Waals surface area (Å²) in [5.74, 6) is 0.998. The number of benzene rings is 1. The third kappa shape index (κ3) is 1.86. The molecule has 13 heavy (non-hydrogen) atoms. The molecule has 1 aromatic carbocycles. The van der Waals surface area contributed by atoms with E-state index >= 15 is 0 Å². The van der Waals surface area contributed by atoms with Crippen LogP contribution in [0.1, 0.15) is 12.0 Å². The molecule has 1 N–H and O–H groups in total. The Hall–Kier alpha value is -0.960. The van der Waals surface area contributed by atoms with Gasteiger partial charge in [0.15, 0.2) is 0 Å². The van der Waals surface area contributed by atoms with Crippen molar-refractivity contribution < 1.29 is 4.79 Å². The molecular formula is C10H11NOS. The summed E-state index contributed by atoms with van der Waals surface area (Å²) in [5.41, 5.74) is 2.19. The molecule has 1 aliphatic rings. The Labute approximate surface area is 81.7 Å².